The minimum atomic E-state index is -0.832. The lowest BCUT2D eigenvalue weighted by atomic mass is 9.93. The second-order valence-corrected chi connectivity index (χ2v) is 8.25. The minimum Gasteiger partial charge on any atom is -0.469 e. The molecule has 0 heterocycles. The van der Waals surface area contributed by atoms with E-state index < -0.39 is 17.1 Å². The number of carbonyl (C=O) groups is 2. The summed E-state index contributed by atoms with van der Waals surface area (Å²) in [5, 5.41) is 0. The molecule has 24 heavy (non-hydrogen) atoms. The second kappa shape index (κ2) is 8.01. The maximum absolute atomic E-state index is 12.6. The molecule has 0 aliphatic carbocycles. The Morgan fingerprint density at radius 3 is 2.08 bits per heavy atom. The van der Waals surface area contributed by atoms with Crippen LogP contribution in [0.5, 0.6) is 0 Å². The first-order valence-electron chi connectivity index (χ1n) is 7.75. The molecule has 0 bridgehead atoms. The number of hydrogen-bond acceptors (Lipinski definition) is 4. The van der Waals surface area contributed by atoms with Crippen molar-refractivity contribution in [1.29, 1.82) is 0 Å². The van der Waals surface area contributed by atoms with Crippen LogP contribution in [0.4, 0.5) is 4.79 Å². The third-order valence-electron chi connectivity index (χ3n) is 3.26. The van der Waals surface area contributed by atoms with Gasteiger partial charge in [0.25, 0.3) is 0 Å². The predicted molar refractivity (Wildman–Crippen MR) is 96.6 cm³/mol. The molecule has 0 aliphatic heterocycles. The fraction of sp³-hybridized carbons (Fsp3) is 0.556. The topological polar surface area (TPSA) is 55.8 Å². The van der Waals surface area contributed by atoms with Crippen molar-refractivity contribution < 1.29 is 19.1 Å². The molecule has 0 saturated heterocycles. The van der Waals surface area contributed by atoms with Gasteiger partial charge in [-0.25, -0.2) is 4.79 Å². The lowest BCUT2D eigenvalue weighted by Crippen LogP contribution is -2.44. The summed E-state index contributed by atoms with van der Waals surface area (Å²) >= 11 is 3.39. The van der Waals surface area contributed by atoms with Crippen LogP contribution in [-0.4, -0.2) is 36.2 Å². The first-order valence-corrected chi connectivity index (χ1v) is 8.55. The number of hydrogen-bond donors (Lipinski definition) is 0. The van der Waals surface area contributed by atoms with E-state index >= 15 is 0 Å². The van der Waals surface area contributed by atoms with E-state index in [1.165, 1.54) is 12.0 Å². The second-order valence-electron chi connectivity index (χ2n) is 7.34. The summed E-state index contributed by atoms with van der Waals surface area (Å²) in [6.45, 7) is 9.49. The van der Waals surface area contributed by atoms with Crippen molar-refractivity contribution in [1.82, 2.24) is 4.90 Å². The van der Waals surface area contributed by atoms with Crippen molar-refractivity contribution in [3.63, 3.8) is 0 Å². The van der Waals surface area contributed by atoms with Gasteiger partial charge in [0, 0.05) is 17.6 Å². The Hall–Kier alpha value is -1.56. The van der Waals surface area contributed by atoms with E-state index in [-0.39, 0.29) is 12.5 Å². The summed E-state index contributed by atoms with van der Waals surface area (Å²) < 4.78 is 11.3. The summed E-state index contributed by atoms with van der Waals surface area (Å²) in [6.07, 6.45) is -0.456. The van der Waals surface area contributed by atoms with Crippen LogP contribution in [-0.2, 0) is 20.8 Å². The van der Waals surface area contributed by atoms with Crippen LogP contribution in [0.2, 0.25) is 0 Å². The number of nitrogens with zero attached hydrogens (tertiary/aromatic N) is 1. The van der Waals surface area contributed by atoms with Gasteiger partial charge in [-0.2, -0.15) is 0 Å². The fourth-order valence-electron chi connectivity index (χ4n) is 2.14. The molecule has 134 valence electrons. The molecule has 0 aromatic heterocycles. The van der Waals surface area contributed by atoms with E-state index in [2.05, 4.69) is 15.9 Å². The maximum atomic E-state index is 12.6. The highest BCUT2D eigenvalue weighted by Gasteiger charge is 2.34. The molecule has 0 N–H and O–H groups in total. The van der Waals surface area contributed by atoms with E-state index in [9.17, 15) is 9.59 Å². The molecule has 0 radical (unpaired) electrons. The van der Waals surface area contributed by atoms with Gasteiger partial charge in [0.05, 0.1) is 12.5 Å². The summed E-state index contributed by atoms with van der Waals surface area (Å²) in [5.41, 5.74) is -0.490. The Balaban J connectivity index is 3.00. The summed E-state index contributed by atoms with van der Waals surface area (Å²) in [4.78, 5) is 26.1. The standard InChI is InChI=1S/C18H26BrNO4/c1-17(2,3)24-16(22)20(12-18(4,5)15(21)23-6)11-13-7-9-14(19)10-8-13/h7-10H,11-12H2,1-6H3. The number of methoxy groups -OCH3 is 1. The quantitative estimate of drug-likeness (QED) is 0.689. The van der Waals surface area contributed by atoms with Crippen LogP contribution in [0.1, 0.15) is 40.2 Å². The number of amides is 1. The Morgan fingerprint density at radius 2 is 1.62 bits per heavy atom. The average molecular weight is 400 g/mol. The Morgan fingerprint density at radius 1 is 1.08 bits per heavy atom. The SMILES string of the molecule is COC(=O)C(C)(C)CN(Cc1ccc(Br)cc1)C(=O)OC(C)(C)C. The molecule has 0 atom stereocenters. The largest absolute Gasteiger partial charge is 0.469 e. The van der Waals surface area contributed by atoms with Crippen LogP contribution < -0.4 is 0 Å². The van der Waals surface area contributed by atoms with Crippen molar-refractivity contribution >= 4 is 28.0 Å². The normalized spacial score (nSPS) is 11.8. The number of halogens is 1. The molecule has 1 aromatic carbocycles. The lowest BCUT2D eigenvalue weighted by molar-refractivity contribution is -0.151. The molecule has 0 aliphatic rings. The molecule has 0 fully saturated rings. The first kappa shape index (κ1) is 20.5. The molecular formula is C18H26BrNO4. The molecule has 0 saturated carbocycles. The monoisotopic (exact) mass is 399 g/mol. The lowest BCUT2D eigenvalue weighted by Gasteiger charge is -2.32. The summed E-state index contributed by atoms with van der Waals surface area (Å²) in [6, 6.07) is 7.67. The van der Waals surface area contributed by atoms with Crippen molar-refractivity contribution in [3.05, 3.63) is 34.3 Å². The third-order valence-corrected chi connectivity index (χ3v) is 3.79. The van der Waals surface area contributed by atoms with Crippen LogP contribution in [0, 0.1) is 5.41 Å². The zero-order valence-corrected chi connectivity index (χ0v) is 16.8. The molecular weight excluding hydrogens is 374 g/mol. The Kier molecular flexibility index (Phi) is 6.84. The zero-order valence-electron chi connectivity index (χ0n) is 15.2. The van der Waals surface area contributed by atoms with E-state index in [1.807, 2.05) is 45.0 Å². The maximum Gasteiger partial charge on any atom is 0.410 e. The molecule has 6 heteroatoms. The van der Waals surface area contributed by atoms with Crippen molar-refractivity contribution in [2.45, 2.75) is 46.8 Å². The van der Waals surface area contributed by atoms with Gasteiger partial charge in [0.2, 0.25) is 0 Å². The van der Waals surface area contributed by atoms with Crippen LogP contribution >= 0.6 is 15.9 Å². The minimum absolute atomic E-state index is 0.199. The zero-order chi connectivity index (χ0) is 18.5. The number of ether oxygens (including phenoxy) is 2. The first-order chi connectivity index (χ1) is 10.9. The number of benzene rings is 1. The van der Waals surface area contributed by atoms with Crippen molar-refractivity contribution in [2.24, 2.45) is 5.41 Å². The van der Waals surface area contributed by atoms with Gasteiger partial charge >= 0.3 is 12.1 Å². The Bertz CT molecular complexity index is 576. The molecule has 0 spiro atoms. The predicted octanol–water partition coefficient (Wildman–Crippen LogP) is 4.39. The highest BCUT2D eigenvalue weighted by molar-refractivity contribution is 9.10. The van der Waals surface area contributed by atoms with Crippen molar-refractivity contribution in [2.75, 3.05) is 13.7 Å². The number of rotatable bonds is 5. The molecule has 5 nitrogen and oxygen atoms in total. The van der Waals surface area contributed by atoms with Crippen LogP contribution in [0.3, 0.4) is 0 Å². The summed E-state index contributed by atoms with van der Waals surface area (Å²) in [5.74, 6) is -0.369. The third kappa shape index (κ3) is 6.51. The van der Waals surface area contributed by atoms with Gasteiger partial charge in [-0.05, 0) is 52.3 Å². The van der Waals surface area contributed by atoms with Crippen LogP contribution in [0.25, 0.3) is 0 Å². The highest BCUT2D eigenvalue weighted by Crippen LogP contribution is 2.23. The number of esters is 1. The van der Waals surface area contributed by atoms with E-state index in [0.29, 0.717) is 6.54 Å². The van der Waals surface area contributed by atoms with Gasteiger partial charge in [-0.1, -0.05) is 28.1 Å². The van der Waals surface area contributed by atoms with Gasteiger partial charge in [0.1, 0.15) is 5.60 Å². The molecule has 1 aromatic rings. The van der Waals surface area contributed by atoms with Gasteiger partial charge in [-0.15, -0.1) is 0 Å². The van der Waals surface area contributed by atoms with E-state index in [0.717, 1.165) is 10.0 Å². The molecule has 1 amide bonds. The fourth-order valence-corrected chi connectivity index (χ4v) is 2.40. The van der Waals surface area contributed by atoms with Crippen LogP contribution in [0.15, 0.2) is 28.7 Å². The van der Waals surface area contributed by atoms with Gasteiger partial charge < -0.3 is 14.4 Å². The van der Waals surface area contributed by atoms with Crippen molar-refractivity contribution in [3.8, 4) is 0 Å². The average Bonchev–Trinajstić information content (AvgIpc) is 2.46. The van der Waals surface area contributed by atoms with Gasteiger partial charge in [0.15, 0.2) is 0 Å². The highest BCUT2D eigenvalue weighted by atomic mass is 79.9. The molecule has 0 unspecified atom stereocenters. The number of carbonyl (C=O) groups excluding carboxylic acids is 2. The molecule has 1 rings (SSSR count). The van der Waals surface area contributed by atoms with Gasteiger partial charge in [-0.3, -0.25) is 4.79 Å². The smallest absolute Gasteiger partial charge is 0.410 e. The summed E-state index contributed by atoms with van der Waals surface area (Å²) in [7, 11) is 1.34. The van der Waals surface area contributed by atoms with E-state index in [4.69, 9.17) is 9.47 Å². The van der Waals surface area contributed by atoms with E-state index in [1.54, 1.807) is 13.8 Å². The Labute approximate surface area is 152 Å².